The van der Waals surface area contributed by atoms with Crippen molar-refractivity contribution in [3.8, 4) is 0 Å². The maximum atomic E-state index is 11.5. The van der Waals surface area contributed by atoms with Gasteiger partial charge >= 0.3 is 0 Å². The number of nitrogens with two attached hydrogens (primary N) is 1. The molecule has 2 aromatic rings. The summed E-state index contributed by atoms with van der Waals surface area (Å²) in [7, 11) is 1.57. The highest BCUT2D eigenvalue weighted by Crippen LogP contribution is 2.26. The maximum absolute atomic E-state index is 11.5. The van der Waals surface area contributed by atoms with Gasteiger partial charge in [0.2, 0.25) is 0 Å². The molecule has 6 nitrogen and oxygen atoms in total. The number of aromatic nitrogens is 2. The van der Waals surface area contributed by atoms with Crippen molar-refractivity contribution in [1.29, 1.82) is 0 Å². The Morgan fingerprint density at radius 2 is 2.14 bits per heavy atom. The maximum Gasteiger partial charge on any atom is 0.271 e. The van der Waals surface area contributed by atoms with Gasteiger partial charge in [0.1, 0.15) is 0 Å². The van der Waals surface area contributed by atoms with Crippen molar-refractivity contribution in [3.05, 3.63) is 47.2 Å². The van der Waals surface area contributed by atoms with Gasteiger partial charge in [-0.1, -0.05) is 12.1 Å². The van der Waals surface area contributed by atoms with E-state index in [1.165, 1.54) is 11.1 Å². The second kappa shape index (κ2) is 5.40. The third kappa shape index (κ3) is 2.52. The number of anilines is 2. The second-order valence-corrected chi connectivity index (χ2v) is 5.01. The Kier molecular flexibility index (Phi) is 3.43. The quantitative estimate of drug-likeness (QED) is 0.803. The Morgan fingerprint density at radius 1 is 1.29 bits per heavy atom. The predicted octanol–water partition coefficient (Wildman–Crippen LogP) is 0.981. The minimum absolute atomic E-state index is 0.231. The highest BCUT2D eigenvalue weighted by Gasteiger charge is 2.19. The molecule has 0 unspecified atom stereocenters. The van der Waals surface area contributed by atoms with Crippen LogP contribution >= 0.6 is 0 Å². The van der Waals surface area contributed by atoms with E-state index in [1.807, 2.05) is 18.2 Å². The van der Waals surface area contributed by atoms with E-state index in [4.69, 9.17) is 5.73 Å². The van der Waals surface area contributed by atoms with E-state index in [0.29, 0.717) is 5.69 Å². The lowest BCUT2D eigenvalue weighted by atomic mass is 9.98. The van der Waals surface area contributed by atoms with E-state index >= 15 is 0 Å². The van der Waals surface area contributed by atoms with Crippen LogP contribution in [0.2, 0.25) is 0 Å². The highest BCUT2D eigenvalue weighted by molar-refractivity contribution is 5.91. The largest absolute Gasteiger partial charge is 0.398 e. The first-order valence-corrected chi connectivity index (χ1v) is 6.86. The number of hydrogen-bond donors (Lipinski definition) is 2. The lowest BCUT2D eigenvalue weighted by Gasteiger charge is -2.30. The van der Waals surface area contributed by atoms with Gasteiger partial charge in [-0.3, -0.25) is 4.79 Å². The molecular formula is C15H17N5O. The summed E-state index contributed by atoms with van der Waals surface area (Å²) in [4.78, 5) is 13.6. The Hall–Kier alpha value is -2.63. The second-order valence-electron chi connectivity index (χ2n) is 5.01. The van der Waals surface area contributed by atoms with Crippen LogP contribution in [-0.2, 0) is 13.0 Å². The highest BCUT2D eigenvalue weighted by atomic mass is 16.1. The van der Waals surface area contributed by atoms with Gasteiger partial charge in [0.05, 0.1) is 0 Å². The molecule has 6 heteroatoms. The summed E-state index contributed by atoms with van der Waals surface area (Å²) >= 11 is 0. The molecule has 1 aromatic heterocycles. The number of nitrogens with one attached hydrogen (secondary N) is 1. The molecule has 108 valence electrons. The number of benzene rings is 1. The molecule has 0 bridgehead atoms. The molecule has 1 amide bonds. The minimum atomic E-state index is -0.231. The van der Waals surface area contributed by atoms with Crippen LogP contribution in [0.1, 0.15) is 21.6 Å². The van der Waals surface area contributed by atoms with E-state index in [0.717, 1.165) is 31.0 Å². The molecule has 0 fully saturated rings. The predicted molar refractivity (Wildman–Crippen MR) is 81.0 cm³/mol. The third-order valence-corrected chi connectivity index (χ3v) is 3.74. The summed E-state index contributed by atoms with van der Waals surface area (Å²) in [5, 5.41) is 10.7. The van der Waals surface area contributed by atoms with Gasteiger partial charge in [0.15, 0.2) is 11.5 Å². The van der Waals surface area contributed by atoms with E-state index in [2.05, 4.69) is 26.5 Å². The number of amides is 1. The van der Waals surface area contributed by atoms with E-state index in [9.17, 15) is 4.79 Å². The van der Waals surface area contributed by atoms with E-state index in [1.54, 1.807) is 13.1 Å². The van der Waals surface area contributed by atoms with Crippen LogP contribution in [0.4, 0.5) is 11.5 Å². The summed E-state index contributed by atoms with van der Waals surface area (Å²) in [5.41, 5.74) is 9.63. The van der Waals surface area contributed by atoms with Gasteiger partial charge in [0.25, 0.3) is 5.91 Å². The molecule has 0 saturated heterocycles. The van der Waals surface area contributed by atoms with Crippen LogP contribution in [0.3, 0.4) is 0 Å². The summed E-state index contributed by atoms with van der Waals surface area (Å²) in [6.45, 7) is 1.60. The van der Waals surface area contributed by atoms with Crippen molar-refractivity contribution in [2.24, 2.45) is 0 Å². The van der Waals surface area contributed by atoms with Crippen molar-refractivity contribution in [2.45, 2.75) is 13.0 Å². The fourth-order valence-corrected chi connectivity index (χ4v) is 2.58. The van der Waals surface area contributed by atoms with Crippen LogP contribution in [-0.4, -0.2) is 29.7 Å². The molecule has 1 aliphatic rings. The normalized spacial score (nSPS) is 13.7. The minimum Gasteiger partial charge on any atom is -0.398 e. The van der Waals surface area contributed by atoms with Gasteiger partial charge < -0.3 is 16.0 Å². The number of nitrogens with zero attached hydrogens (tertiary/aromatic N) is 3. The van der Waals surface area contributed by atoms with Crippen LogP contribution < -0.4 is 16.0 Å². The molecule has 0 saturated carbocycles. The standard InChI is InChI=1S/C15H17N5O/c1-17-15(21)13-5-6-14(19-18-13)20-8-7-11-10(9-20)3-2-4-12(11)16/h2-6H,7-9,16H2,1H3,(H,17,21). The average molecular weight is 283 g/mol. The van der Waals surface area contributed by atoms with Crippen molar-refractivity contribution < 1.29 is 4.79 Å². The van der Waals surface area contributed by atoms with Gasteiger partial charge in [0, 0.05) is 25.8 Å². The van der Waals surface area contributed by atoms with Gasteiger partial charge in [-0.25, -0.2) is 0 Å². The first kappa shape index (κ1) is 13.4. The SMILES string of the molecule is CNC(=O)c1ccc(N2CCc3c(N)cccc3C2)nn1. The number of hydrogen-bond acceptors (Lipinski definition) is 5. The number of carbonyl (C=O) groups excluding carboxylic acids is 1. The molecule has 0 atom stereocenters. The smallest absolute Gasteiger partial charge is 0.271 e. The zero-order chi connectivity index (χ0) is 14.8. The van der Waals surface area contributed by atoms with Crippen LogP contribution in [0.15, 0.2) is 30.3 Å². The lowest BCUT2D eigenvalue weighted by molar-refractivity contribution is 0.0957. The Bertz CT molecular complexity index is 668. The van der Waals surface area contributed by atoms with Crippen molar-refractivity contribution in [1.82, 2.24) is 15.5 Å². The molecule has 0 aliphatic carbocycles. The molecule has 1 aromatic carbocycles. The number of carbonyl (C=O) groups is 1. The van der Waals surface area contributed by atoms with E-state index < -0.39 is 0 Å². The first-order valence-electron chi connectivity index (χ1n) is 6.86. The monoisotopic (exact) mass is 283 g/mol. The van der Waals surface area contributed by atoms with Crippen molar-refractivity contribution >= 4 is 17.4 Å². The number of fused-ring (bicyclic) bond motifs is 1. The van der Waals surface area contributed by atoms with Crippen LogP contribution in [0.5, 0.6) is 0 Å². The molecule has 3 N–H and O–H groups in total. The van der Waals surface area contributed by atoms with Crippen molar-refractivity contribution in [2.75, 3.05) is 24.2 Å². The van der Waals surface area contributed by atoms with Gasteiger partial charge in [-0.15, -0.1) is 10.2 Å². The molecule has 21 heavy (non-hydrogen) atoms. The average Bonchev–Trinajstić information content (AvgIpc) is 2.54. The summed E-state index contributed by atoms with van der Waals surface area (Å²) in [6, 6.07) is 9.51. The van der Waals surface area contributed by atoms with Crippen LogP contribution in [0, 0.1) is 0 Å². The van der Waals surface area contributed by atoms with Crippen LogP contribution in [0.25, 0.3) is 0 Å². The van der Waals surface area contributed by atoms with Gasteiger partial charge in [-0.2, -0.15) is 0 Å². The fraction of sp³-hybridized carbons (Fsp3) is 0.267. The first-order chi connectivity index (χ1) is 10.2. The summed E-state index contributed by atoms with van der Waals surface area (Å²) < 4.78 is 0. The lowest BCUT2D eigenvalue weighted by Crippen LogP contribution is -2.32. The Morgan fingerprint density at radius 3 is 2.86 bits per heavy atom. The van der Waals surface area contributed by atoms with E-state index in [-0.39, 0.29) is 5.91 Å². The summed E-state index contributed by atoms with van der Waals surface area (Å²) in [5.74, 6) is 0.543. The fourth-order valence-electron chi connectivity index (χ4n) is 2.58. The molecule has 3 rings (SSSR count). The molecule has 1 aliphatic heterocycles. The number of rotatable bonds is 2. The topological polar surface area (TPSA) is 84.1 Å². The third-order valence-electron chi connectivity index (χ3n) is 3.74. The molecule has 0 spiro atoms. The Labute approximate surface area is 123 Å². The zero-order valence-corrected chi connectivity index (χ0v) is 11.8. The zero-order valence-electron chi connectivity index (χ0n) is 11.8. The summed E-state index contributed by atoms with van der Waals surface area (Å²) in [6.07, 6.45) is 0.890. The molecular weight excluding hydrogens is 266 g/mol. The number of nitrogen functional groups attached to an aromatic ring is 1. The molecule has 0 radical (unpaired) electrons. The van der Waals surface area contributed by atoms with Crippen molar-refractivity contribution in [3.63, 3.8) is 0 Å². The Balaban J connectivity index is 1.81. The van der Waals surface area contributed by atoms with Gasteiger partial charge in [-0.05, 0) is 35.7 Å². The molecule has 2 heterocycles.